The molecule has 0 amide bonds. The van der Waals surface area contributed by atoms with E-state index in [1.807, 2.05) is 42.5 Å². The number of ether oxygens (including phenoxy) is 3. The van der Waals surface area contributed by atoms with E-state index in [0.29, 0.717) is 29.8 Å². The van der Waals surface area contributed by atoms with Gasteiger partial charge in [0.05, 0.1) is 39.0 Å². The number of nitrogens with zero attached hydrogens (tertiary/aromatic N) is 3. The smallest absolute Gasteiger partial charge is 0.264 e. The van der Waals surface area contributed by atoms with Gasteiger partial charge in [0.15, 0.2) is 23.9 Å². The van der Waals surface area contributed by atoms with Crippen molar-refractivity contribution in [1.29, 1.82) is 0 Å². The highest BCUT2D eigenvalue weighted by atomic mass is 16.5. The van der Waals surface area contributed by atoms with E-state index in [0.717, 1.165) is 37.6 Å². The van der Waals surface area contributed by atoms with Crippen LogP contribution in [-0.4, -0.2) is 67.8 Å². The highest BCUT2D eigenvalue weighted by molar-refractivity contribution is 5.58. The Labute approximate surface area is 193 Å². The Kier molecular flexibility index (Phi) is 7.64. The molecule has 1 aliphatic heterocycles. The molecule has 3 aromatic rings. The average Bonchev–Trinajstić information content (AvgIpc) is 3.27. The van der Waals surface area contributed by atoms with Gasteiger partial charge in [0.2, 0.25) is 0 Å². The molecule has 176 valence electrons. The maximum absolute atomic E-state index is 10.6. The van der Waals surface area contributed by atoms with Crippen LogP contribution < -0.4 is 24.0 Å². The van der Waals surface area contributed by atoms with E-state index in [1.165, 1.54) is 4.90 Å². The second-order valence-corrected chi connectivity index (χ2v) is 8.05. The summed E-state index contributed by atoms with van der Waals surface area (Å²) in [7, 11) is 1.70. The summed E-state index contributed by atoms with van der Waals surface area (Å²) in [6.07, 6.45) is -0.579. The fraction of sp³-hybridized carbons (Fsp3) is 0.417. The zero-order valence-corrected chi connectivity index (χ0v) is 19.1. The van der Waals surface area contributed by atoms with Gasteiger partial charge in [-0.25, -0.2) is 0 Å². The van der Waals surface area contributed by atoms with Crippen LogP contribution in [0.5, 0.6) is 17.2 Å². The molecule has 33 heavy (non-hydrogen) atoms. The number of nitrogens with one attached hydrogen (secondary N) is 1. The molecule has 2 N–H and O–H groups in total. The average molecular weight is 456 g/mol. The first-order valence-electron chi connectivity index (χ1n) is 11.2. The van der Waals surface area contributed by atoms with Crippen LogP contribution in [0.3, 0.4) is 0 Å². The third-order valence-corrected chi connectivity index (χ3v) is 5.62. The number of aryl methyl sites for hydroxylation is 1. The predicted octanol–water partition coefficient (Wildman–Crippen LogP) is 1.11. The molecule has 0 bridgehead atoms. The molecule has 0 radical (unpaired) electrons. The number of benzene rings is 2. The number of methoxy groups -OCH3 is 1. The third-order valence-electron chi connectivity index (χ3n) is 5.62. The normalized spacial score (nSPS) is 15.3. The number of aliphatic hydroxyl groups excluding tert-OH is 1. The minimum absolute atomic E-state index is 0.157. The molecule has 9 nitrogen and oxygen atoms in total. The Balaban J connectivity index is 1.23. The SMILES string of the molecule is COc1ccccc1N1CC[NH+](C[C@H](O)COc2ccccc2OCc2nc(C)no2)CC1. The van der Waals surface area contributed by atoms with E-state index in [4.69, 9.17) is 18.7 Å². The molecule has 1 aromatic heterocycles. The minimum atomic E-state index is -0.579. The van der Waals surface area contributed by atoms with Crippen molar-refractivity contribution in [2.75, 3.05) is 51.3 Å². The lowest BCUT2D eigenvalue weighted by atomic mass is 10.2. The summed E-state index contributed by atoms with van der Waals surface area (Å²) in [4.78, 5) is 7.82. The molecule has 1 saturated heterocycles. The first kappa shape index (κ1) is 22.9. The molecular formula is C24H31N4O5+. The van der Waals surface area contributed by atoms with Crippen LogP contribution in [0.15, 0.2) is 53.1 Å². The summed E-state index contributed by atoms with van der Waals surface area (Å²) in [6, 6.07) is 15.5. The fourth-order valence-corrected chi connectivity index (χ4v) is 3.96. The number of anilines is 1. The molecule has 0 aliphatic carbocycles. The molecule has 1 fully saturated rings. The van der Waals surface area contributed by atoms with E-state index in [1.54, 1.807) is 14.0 Å². The second kappa shape index (κ2) is 11.0. The topological polar surface area (TPSA) is 94.5 Å². The minimum Gasteiger partial charge on any atom is -0.495 e. The van der Waals surface area contributed by atoms with Crippen molar-refractivity contribution in [1.82, 2.24) is 10.1 Å². The van der Waals surface area contributed by atoms with Crippen LogP contribution in [-0.2, 0) is 6.61 Å². The lowest BCUT2D eigenvalue weighted by Crippen LogP contribution is -3.16. The predicted molar refractivity (Wildman–Crippen MR) is 122 cm³/mol. The van der Waals surface area contributed by atoms with Gasteiger partial charge in [0, 0.05) is 0 Å². The fourth-order valence-electron chi connectivity index (χ4n) is 3.96. The van der Waals surface area contributed by atoms with E-state index in [9.17, 15) is 5.11 Å². The number of hydrogen-bond acceptors (Lipinski definition) is 8. The summed E-state index contributed by atoms with van der Waals surface area (Å²) in [6.45, 7) is 6.45. The molecule has 1 aliphatic rings. The van der Waals surface area contributed by atoms with Gasteiger partial charge in [-0.05, 0) is 31.2 Å². The third kappa shape index (κ3) is 6.15. The number of aliphatic hydroxyl groups is 1. The van der Waals surface area contributed by atoms with Crippen molar-refractivity contribution in [2.45, 2.75) is 19.6 Å². The summed E-state index contributed by atoms with van der Waals surface area (Å²) >= 11 is 0. The van der Waals surface area contributed by atoms with Gasteiger partial charge < -0.3 is 33.6 Å². The molecule has 0 spiro atoms. The van der Waals surface area contributed by atoms with Gasteiger partial charge in [-0.15, -0.1) is 0 Å². The van der Waals surface area contributed by atoms with E-state index in [-0.39, 0.29) is 13.2 Å². The van der Waals surface area contributed by atoms with Gasteiger partial charge in [0.25, 0.3) is 5.89 Å². The van der Waals surface area contributed by atoms with E-state index >= 15 is 0 Å². The molecule has 9 heteroatoms. The number of rotatable bonds is 10. The molecule has 1 atom stereocenters. The summed E-state index contributed by atoms with van der Waals surface area (Å²) in [5.74, 6) is 3.00. The molecule has 2 heterocycles. The second-order valence-electron chi connectivity index (χ2n) is 8.05. The molecule has 2 aromatic carbocycles. The van der Waals surface area contributed by atoms with Crippen molar-refractivity contribution in [3.8, 4) is 17.2 Å². The summed E-state index contributed by atoms with van der Waals surface area (Å²) in [5.41, 5.74) is 1.12. The van der Waals surface area contributed by atoms with Gasteiger partial charge >= 0.3 is 0 Å². The Bertz CT molecular complexity index is 1020. The maximum Gasteiger partial charge on any atom is 0.264 e. The van der Waals surface area contributed by atoms with Gasteiger partial charge in [0.1, 0.15) is 25.0 Å². The van der Waals surface area contributed by atoms with Crippen LogP contribution in [0.4, 0.5) is 5.69 Å². The van der Waals surface area contributed by atoms with E-state index < -0.39 is 6.10 Å². The van der Waals surface area contributed by atoms with Crippen LogP contribution >= 0.6 is 0 Å². The van der Waals surface area contributed by atoms with Gasteiger partial charge in [-0.3, -0.25) is 0 Å². The Hall–Kier alpha value is -3.30. The monoisotopic (exact) mass is 455 g/mol. The van der Waals surface area contributed by atoms with Crippen LogP contribution in [0.2, 0.25) is 0 Å². The van der Waals surface area contributed by atoms with Crippen LogP contribution in [0.25, 0.3) is 0 Å². The lowest BCUT2D eigenvalue weighted by molar-refractivity contribution is -0.903. The molecule has 0 unspecified atom stereocenters. The number of para-hydroxylation sites is 4. The van der Waals surface area contributed by atoms with Crippen molar-refractivity contribution in [2.24, 2.45) is 0 Å². The highest BCUT2D eigenvalue weighted by Crippen LogP contribution is 2.28. The zero-order chi connectivity index (χ0) is 23.0. The first-order chi connectivity index (χ1) is 16.1. The summed E-state index contributed by atoms with van der Waals surface area (Å²) < 4.78 is 22.2. The Morgan fingerprint density at radius 3 is 2.36 bits per heavy atom. The van der Waals surface area contributed by atoms with Gasteiger partial charge in [-0.2, -0.15) is 4.98 Å². The largest absolute Gasteiger partial charge is 0.495 e. The standard InChI is InChI=1S/C24H30N4O5/c1-18-25-24(33-26-18)17-32-23-10-6-5-9-22(23)31-16-19(29)15-27-11-13-28(14-12-27)20-7-3-4-8-21(20)30-2/h3-10,19,29H,11-17H2,1-2H3/p+1/t19-/m0/s1. The van der Waals surface area contributed by atoms with Crippen molar-refractivity contribution in [3.05, 3.63) is 60.2 Å². The van der Waals surface area contributed by atoms with E-state index in [2.05, 4.69) is 21.1 Å². The number of piperazine rings is 1. The lowest BCUT2D eigenvalue weighted by Gasteiger charge is -2.35. The molecular weight excluding hydrogens is 424 g/mol. The quantitative estimate of drug-likeness (QED) is 0.470. The highest BCUT2D eigenvalue weighted by Gasteiger charge is 2.24. The Morgan fingerprint density at radius 2 is 1.70 bits per heavy atom. The van der Waals surface area contributed by atoms with Crippen LogP contribution in [0, 0.1) is 6.92 Å². The molecule has 4 rings (SSSR count). The number of hydrogen-bond donors (Lipinski definition) is 2. The van der Waals surface area contributed by atoms with Crippen LogP contribution in [0.1, 0.15) is 11.7 Å². The number of aromatic nitrogens is 2. The summed E-state index contributed by atoms with van der Waals surface area (Å²) in [5, 5.41) is 14.3. The maximum atomic E-state index is 10.6. The Morgan fingerprint density at radius 1 is 1.03 bits per heavy atom. The molecule has 0 saturated carbocycles. The van der Waals surface area contributed by atoms with Crippen molar-refractivity contribution < 1.29 is 28.7 Å². The van der Waals surface area contributed by atoms with Crippen molar-refractivity contribution in [3.63, 3.8) is 0 Å². The van der Waals surface area contributed by atoms with Gasteiger partial charge in [-0.1, -0.05) is 29.4 Å². The first-order valence-corrected chi connectivity index (χ1v) is 11.2. The van der Waals surface area contributed by atoms with Crippen molar-refractivity contribution >= 4 is 5.69 Å². The number of quaternary nitrogens is 1. The zero-order valence-electron chi connectivity index (χ0n) is 19.1.